The van der Waals surface area contributed by atoms with Crippen molar-refractivity contribution in [3.63, 3.8) is 0 Å². The fourth-order valence-corrected chi connectivity index (χ4v) is 6.40. The largest absolute Gasteiger partial charge is 0.298 e. The summed E-state index contributed by atoms with van der Waals surface area (Å²) in [5, 5.41) is 0.808. The summed E-state index contributed by atoms with van der Waals surface area (Å²) in [4.78, 5) is 32.8. The predicted octanol–water partition coefficient (Wildman–Crippen LogP) is 4.43. The molecule has 0 fully saturated rings. The maximum Gasteiger partial charge on any atom is 0.262 e. The van der Waals surface area contributed by atoms with Crippen LogP contribution in [0.1, 0.15) is 55.8 Å². The molecule has 138 valence electrons. The van der Waals surface area contributed by atoms with Crippen LogP contribution in [0.15, 0.2) is 10.4 Å². The Morgan fingerprint density at radius 2 is 2.15 bits per heavy atom. The minimum absolute atomic E-state index is 0.131. The molecule has 1 unspecified atom stereocenters. The number of aromatic nitrogens is 2. The molecule has 3 heterocycles. The Hall–Kier alpha value is -1.40. The van der Waals surface area contributed by atoms with E-state index in [-0.39, 0.29) is 5.56 Å². The van der Waals surface area contributed by atoms with Crippen molar-refractivity contribution in [2.75, 3.05) is 5.75 Å². The van der Waals surface area contributed by atoms with Crippen LogP contribution in [-0.4, -0.2) is 21.6 Å². The van der Waals surface area contributed by atoms with Crippen LogP contribution in [0.25, 0.3) is 15.1 Å². The van der Waals surface area contributed by atoms with Crippen molar-refractivity contribution < 1.29 is 4.79 Å². The van der Waals surface area contributed by atoms with Gasteiger partial charge in [0.15, 0.2) is 0 Å². The fraction of sp³-hybridized carbons (Fsp3) is 0.550. The number of fused-ring (bicyclic) bond motifs is 4. The van der Waals surface area contributed by atoms with Gasteiger partial charge >= 0.3 is 0 Å². The zero-order valence-electron chi connectivity index (χ0n) is 15.3. The molecule has 4 rings (SSSR count). The molecule has 1 aliphatic carbocycles. The summed E-state index contributed by atoms with van der Waals surface area (Å²) in [6.07, 6.45) is 6.58. The number of carbonyl (C=O) groups is 1. The first-order valence-electron chi connectivity index (χ1n) is 9.50. The topological polar surface area (TPSA) is 52.0 Å². The van der Waals surface area contributed by atoms with Crippen molar-refractivity contribution in [1.82, 2.24) is 9.55 Å². The van der Waals surface area contributed by atoms with Crippen LogP contribution in [0.2, 0.25) is 0 Å². The van der Waals surface area contributed by atoms with Gasteiger partial charge in [0.05, 0.1) is 5.39 Å². The van der Waals surface area contributed by atoms with E-state index in [2.05, 4.69) is 13.8 Å². The summed E-state index contributed by atoms with van der Waals surface area (Å²) in [6.45, 7) is 5.18. The quantitative estimate of drug-likeness (QED) is 0.727. The highest BCUT2D eigenvalue weighted by molar-refractivity contribution is 8.08. The van der Waals surface area contributed by atoms with Crippen LogP contribution in [0.4, 0.5) is 0 Å². The zero-order chi connectivity index (χ0) is 18.3. The van der Waals surface area contributed by atoms with Gasteiger partial charge in [0.2, 0.25) is 0 Å². The van der Waals surface area contributed by atoms with Gasteiger partial charge in [-0.2, -0.15) is 0 Å². The van der Waals surface area contributed by atoms with Crippen molar-refractivity contribution in [3.8, 4) is 0 Å². The lowest BCUT2D eigenvalue weighted by molar-refractivity contribution is -0.105. The normalized spacial score (nSPS) is 20.0. The summed E-state index contributed by atoms with van der Waals surface area (Å²) in [6, 6.07) is 0. The van der Waals surface area contributed by atoms with Crippen molar-refractivity contribution in [2.45, 2.75) is 58.9 Å². The number of thiophene rings is 1. The monoisotopic (exact) mass is 388 g/mol. The first-order chi connectivity index (χ1) is 12.6. The third-order valence-electron chi connectivity index (χ3n) is 5.43. The molecule has 26 heavy (non-hydrogen) atoms. The standard InChI is InChI=1S/C20H24N2O2S2/c1-3-10-25-17-13(11-23)5-6-14-16-19(26-18(14)17)21-15-7-4-12(2)8-9-22(15)20(16)24/h11-12H,3-10H2,1-2H3. The van der Waals surface area contributed by atoms with E-state index in [0.29, 0.717) is 5.92 Å². The molecule has 0 radical (unpaired) electrons. The van der Waals surface area contributed by atoms with E-state index < -0.39 is 0 Å². The summed E-state index contributed by atoms with van der Waals surface area (Å²) in [5.74, 6) is 2.56. The molecule has 6 heteroatoms. The Labute approximate surface area is 161 Å². The second-order valence-corrected chi connectivity index (χ2v) is 9.43. The van der Waals surface area contributed by atoms with Gasteiger partial charge in [0, 0.05) is 28.3 Å². The smallest absolute Gasteiger partial charge is 0.262 e. The lowest BCUT2D eigenvalue weighted by Gasteiger charge is -2.17. The molecule has 2 aromatic rings. The molecule has 1 aliphatic heterocycles. The highest BCUT2D eigenvalue weighted by atomic mass is 32.2. The third-order valence-corrected chi connectivity index (χ3v) is 8.07. The summed E-state index contributed by atoms with van der Waals surface area (Å²) < 4.78 is 1.91. The number of rotatable bonds is 4. The third kappa shape index (κ3) is 2.97. The van der Waals surface area contributed by atoms with E-state index in [0.717, 1.165) is 94.1 Å². The number of carbonyl (C=O) groups excluding carboxylic acids is 1. The molecule has 0 aromatic carbocycles. The Bertz CT molecular complexity index is 955. The minimum atomic E-state index is 0.131. The lowest BCUT2D eigenvalue weighted by atomic mass is 9.97. The number of thioether (sulfide) groups is 1. The average molecular weight is 389 g/mol. The van der Waals surface area contributed by atoms with Crippen LogP contribution in [-0.2, 0) is 24.2 Å². The van der Waals surface area contributed by atoms with E-state index in [1.807, 2.05) is 4.57 Å². The number of allylic oxidation sites excluding steroid dienone is 1. The van der Waals surface area contributed by atoms with Crippen molar-refractivity contribution >= 4 is 44.5 Å². The van der Waals surface area contributed by atoms with Gasteiger partial charge in [-0.15, -0.1) is 23.1 Å². The summed E-state index contributed by atoms with van der Waals surface area (Å²) in [5.41, 5.74) is 2.14. The SMILES string of the molecule is CCCSC1=C(C=O)CCc2c1sc1nc3n(c(=O)c21)CCC(C)CC3. The van der Waals surface area contributed by atoms with Crippen molar-refractivity contribution in [1.29, 1.82) is 0 Å². The number of aryl methyl sites for hydroxylation is 2. The average Bonchev–Trinajstić information content (AvgIpc) is 2.91. The molecule has 0 N–H and O–H groups in total. The van der Waals surface area contributed by atoms with Gasteiger partial charge in [0.1, 0.15) is 16.9 Å². The molecule has 0 saturated carbocycles. The Morgan fingerprint density at radius 3 is 2.92 bits per heavy atom. The van der Waals surface area contributed by atoms with Crippen LogP contribution in [0.3, 0.4) is 0 Å². The van der Waals surface area contributed by atoms with E-state index in [9.17, 15) is 9.59 Å². The zero-order valence-corrected chi connectivity index (χ0v) is 17.0. The van der Waals surface area contributed by atoms with Crippen molar-refractivity contribution in [3.05, 3.63) is 32.2 Å². The van der Waals surface area contributed by atoms with Crippen LogP contribution >= 0.6 is 23.1 Å². The summed E-state index contributed by atoms with van der Waals surface area (Å²) in [7, 11) is 0. The van der Waals surface area contributed by atoms with Gasteiger partial charge in [-0.25, -0.2) is 4.98 Å². The lowest BCUT2D eigenvalue weighted by Crippen LogP contribution is -2.24. The van der Waals surface area contributed by atoms with Gasteiger partial charge in [-0.05, 0) is 49.3 Å². The fourth-order valence-electron chi connectivity index (χ4n) is 3.89. The molecule has 2 aliphatic rings. The molecule has 0 bridgehead atoms. The van der Waals surface area contributed by atoms with Gasteiger partial charge in [0.25, 0.3) is 5.56 Å². The van der Waals surface area contributed by atoms with Gasteiger partial charge in [-0.1, -0.05) is 13.8 Å². The minimum Gasteiger partial charge on any atom is -0.298 e. The maximum absolute atomic E-state index is 13.3. The second-order valence-electron chi connectivity index (χ2n) is 7.33. The van der Waals surface area contributed by atoms with Gasteiger partial charge < -0.3 is 0 Å². The number of hydrogen-bond acceptors (Lipinski definition) is 5. The Kier molecular flexibility index (Phi) is 5.06. The second kappa shape index (κ2) is 7.31. The number of hydrogen-bond donors (Lipinski definition) is 0. The van der Waals surface area contributed by atoms with E-state index in [4.69, 9.17) is 4.98 Å². The van der Waals surface area contributed by atoms with E-state index in [1.54, 1.807) is 23.1 Å². The molecular formula is C20H24N2O2S2. The van der Waals surface area contributed by atoms with Crippen LogP contribution in [0, 0.1) is 5.92 Å². The first-order valence-corrected chi connectivity index (χ1v) is 11.3. The Morgan fingerprint density at radius 1 is 1.31 bits per heavy atom. The van der Waals surface area contributed by atoms with Crippen LogP contribution in [0.5, 0.6) is 0 Å². The Balaban J connectivity index is 1.90. The van der Waals surface area contributed by atoms with Gasteiger partial charge in [-0.3, -0.25) is 14.2 Å². The molecule has 4 nitrogen and oxygen atoms in total. The molecule has 0 spiro atoms. The highest BCUT2D eigenvalue weighted by Crippen LogP contribution is 2.45. The molecule has 0 saturated heterocycles. The highest BCUT2D eigenvalue weighted by Gasteiger charge is 2.27. The van der Waals surface area contributed by atoms with E-state index in [1.165, 1.54) is 0 Å². The number of aldehydes is 1. The van der Waals surface area contributed by atoms with Crippen LogP contribution < -0.4 is 5.56 Å². The maximum atomic E-state index is 13.3. The molecule has 0 amide bonds. The molecular weight excluding hydrogens is 364 g/mol. The van der Waals surface area contributed by atoms with E-state index >= 15 is 0 Å². The summed E-state index contributed by atoms with van der Waals surface area (Å²) >= 11 is 3.36. The van der Waals surface area contributed by atoms with Crippen molar-refractivity contribution in [2.24, 2.45) is 5.92 Å². The first kappa shape index (κ1) is 18.0. The number of nitrogens with zero attached hydrogens (tertiary/aromatic N) is 2. The molecule has 2 aromatic heterocycles. The molecule has 1 atom stereocenters. The predicted molar refractivity (Wildman–Crippen MR) is 110 cm³/mol.